The van der Waals surface area contributed by atoms with Crippen molar-refractivity contribution in [3.8, 4) is 0 Å². The van der Waals surface area contributed by atoms with Crippen LogP contribution in [0, 0.1) is 6.92 Å². The summed E-state index contributed by atoms with van der Waals surface area (Å²) in [7, 11) is 0. The molecule has 0 aliphatic heterocycles. The van der Waals surface area contributed by atoms with Gasteiger partial charge < -0.3 is 10.6 Å². The highest BCUT2D eigenvalue weighted by atomic mass is 79.9. The second-order valence-electron chi connectivity index (χ2n) is 4.35. The van der Waals surface area contributed by atoms with Gasteiger partial charge in [-0.05, 0) is 65.7 Å². The number of hydrogen-bond acceptors (Lipinski definition) is 3. The van der Waals surface area contributed by atoms with Crippen molar-refractivity contribution in [1.29, 1.82) is 0 Å². The van der Waals surface area contributed by atoms with Crippen LogP contribution in [0.5, 0.6) is 0 Å². The molecule has 0 atom stereocenters. The molecule has 2 aromatic rings. The van der Waals surface area contributed by atoms with Crippen molar-refractivity contribution in [2.24, 2.45) is 0 Å². The fourth-order valence-corrected chi connectivity index (χ4v) is 2.21. The molecule has 0 saturated carbocycles. The average molecular weight is 334 g/mol. The molecule has 2 N–H and O–H groups in total. The number of rotatable bonds is 4. The zero-order chi connectivity index (χ0) is 14.5. The summed E-state index contributed by atoms with van der Waals surface area (Å²) in [6.45, 7) is 4.87. The number of nitrogens with zero attached hydrogens (tertiary/aromatic N) is 1. The van der Waals surface area contributed by atoms with E-state index in [2.05, 4.69) is 31.5 Å². The summed E-state index contributed by atoms with van der Waals surface area (Å²) in [4.78, 5) is 16.3. The third kappa shape index (κ3) is 3.36. The molecule has 0 radical (unpaired) electrons. The van der Waals surface area contributed by atoms with E-state index in [1.54, 1.807) is 18.3 Å². The Kier molecular flexibility index (Phi) is 4.74. The van der Waals surface area contributed by atoms with E-state index in [-0.39, 0.29) is 5.91 Å². The molecule has 0 aliphatic rings. The normalized spacial score (nSPS) is 10.2. The first kappa shape index (κ1) is 14.5. The predicted molar refractivity (Wildman–Crippen MR) is 85.2 cm³/mol. The minimum Gasteiger partial charge on any atom is -0.385 e. The second kappa shape index (κ2) is 6.52. The maximum absolute atomic E-state index is 12.2. The van der Waals surface area contributed by atoms with E-state index in [9.17, 15) is 4.79 Å². The topological polar surface area (TPSA) is 54.0 Å². The van der Waals surface area contributed by atoms with Gasteiger partial charge in [0.1, 0.15) is 5.82 Å². The lowest BCUT2D eigenvalue weighted by atomic mass is 10.1. The van der Waals surface area contributed by atoms with Crippen LogP contribution in [-0.2, 0) is 0 Å². The van der Waals surface area contributed by atoms with E-state index in [1.807, 2.05) is 32.0 Å². The molecule has 2 rings (SSSR count). The lowest BCUT2D eigenvalue weighted by Gasteiger charge is -2.10. The van der Waals surface area contributed by atoms with Crippen LogP contribution < -0.4 is 10.6 Å². The molecular formula is C15H16BrN3O. The molecule has 0 saturated heterocycles. The van der Waals surface area contributed by atoms with Crippen LogP contribution >= 0.6 is 15.9 Å². The van der Waals surface area contributed by atoms with E-state index in [4.69, 9.17) is 0 Å². The van der Waals surface area contributed by atoms with E-state index in [0.717, 1.165) is 22.3 Å². The number of amides is 1. The second-order valence-corrected chi connectivity index (χ2v) is 5.20. The van der Waals surface area contributed by atoms with Gasteiger partial charge in [-0.3, -0.25) is 4.79 Å². The first-order chi connectivity index (χ1) is 9.61. The van der Waals surface area contributed by atoms with Crippen molar-refractivity contribution in [2.45, 2.75) is 13.8 Å². The quantitative estimate of drug-likeness (QED) is 0.893. The highest BCUT2D eigenvalue weighted by molar-refractivity contribution is 9.10. The van der Waals surface area contributed by atoms with E-state index < -0.39 is 0 Å². The van der Waals surface area contributed by atoms with Crippen molar-refractivity contribution in [2.75, 3.05) is 17.2 Å². The number of pyridine rings is 1. The molecule has 0 spiro atoms. The monoisotopic (exact) mass is 333 g/mol. The maximum atomic E-state index is 12.2. The summed E-state index contributed by atoms with van der Waals surface area (Å²) in [5.41, 5.74) is 2.70. The zero-order valence-corrected chi connectivity index (χ0v) is 13.0. The summed E-state index contributed by atoms with van der Waals surface area (Å²) >= 11 is 3.36. The van der Waals surface area contributed by atoms with Gasteiger partial charge in [0, 0.05) is 24.0 Å². The number of carbonyl (C=O) groups is 1. The lowest BCUT2D eigenvalue weighted by Crippen LogP contribution is -2.13. The SMILES string of the molecule is CCNc1ccc(C(=O)Nc2ncccc2Br)cc1C. The largest absolute Gasteiger partial charge is 0.385 e. The minimum absolute atomic E-state index is 0.171. The van der Waals surface area contributed by atoms with Crippen molar-refractivity contribution in [1.82, 2.24) is 4.98 Å². The highest BCUT2D eigenvalue weighted by Crippen LogP contribution is 2.20. The number of aromatic nitrogens is 1. The van der Waals surface area contributed by atoms with E-state index >= 15 is 0 Å². The molecule has 0 unspecified atom stereocenters. The Labute approximate surface area is 126 Å². The number of carbonyl (C=O) groups excluding carboxylic acids is 1. The summed E-state index contributed by atoms with van der Waals surface area (Å²) < 4.78 is 0.759. The molecule has 0 fully saturated rings. The van der Waals surface area contributed by atoms with Crippen molar-refractivity contribution in [3.05, 3.63) is 52.1 Å². The number of nitrogens with one attached hydrogen (secondary N) is 2. The van der Waals surface area contributed by atoms with E-state index in [0.29, 0.717) is 11.4 Å². The van der Waals surface area contributed by atoms with Crippen LogP contribution in [0.2, 0.25) is 0 Å². The van der Waals surface area contributed by atoms with Crippen LogP contribution in [0.3, 0.4) is 0 Å². The smallest absolute Gasteiger partial charge is 0.256 e. The number of anilines is 2. The van der Waals surface area contributed by atoms with Gasteiger partial charge in [-0.15, -0.1) is 0 Å². The molecular weight excluding hydrogens is 318 g/mol. The molecule has 1 aromatic heterocycles. The Morgan fingerprint density at radius 1 is 1.35 bits per heavy atom. The molecule has 0 aliphatic carbocycles. The van der Waals surface area contributed by atoms with Gasteiger partial charge in [-0.2, -0.15) is 0 Å². The lowest BCUT2D eigenvalue weighted by molar-refractivity contribution is 0.102. The van der Waals surface area contributed by atoms with Gasteiger partial charge in [-0.25, -0.2) is 4.98 Å². The Hall–Kier alpha value is -1.88. The molecule has 0 bridgehead atoms. The fourth-order valence-electron chi connectivity index (χ4n) is 1.85. The van der Waals surface area contributed by atoms with Crippen molar-refractivity contribution in [3.63, 3.8) is 0 Å². The molecule has 1 amide bonds. The highest BCUT2D eigenvalue weighted by Gasteiger charge is 2.10. The van der Waals surface area contributed by atoms with Crippen LogP contribution in [0.1, 0.15) is 22.8 Å². The Balaban J connectivity index is 2.18. The Bertz CT molecular complexity index is 628. The van der Waals surface area contributed by atoms with Crippen LogP contribution in [-0.4, -0.2) is 17.4 Å². The van der Waals surface area contributed by atoms with Gasteiger partial charge in [0.05, 0.1) is 4.47 Å². The first-order valence-corrected chi connectivity index (χ1v) is 7.17. The summed E-state index contributed by atoms with van der Waals surface area (Å²) in [6, 6.07) is 9.22. The van der Waals surface area contributed by atoms with Gasteiger partial charge in [0.15, 0.2) is 0 Å². The minimum atomic E-state index is -0.171. The number of halogens is 1. The fraction of sp³-hybridized carbons (Fsp3) is 0.200. The van der Waals surface area contributed by atoms with Gasteiger partial charge in [-0.1, -0.05) is 0 Å². The van der Waals surface area contributed by atoms with Gasteiger partial charge in [0.25, 0.3) is 5.91 Å². The maximum Gasteiger partial charge on any atom is 0.256 e. The van der Waals surface area contributed by atoms with Crippen molar-refractivity contribution < 1.29 is 4.79 Å². The molecule has 1 heterocycles. The molecule has 5 heteroatoms. The zero-order valence-electron chi connectivity index (χ0n) is 11.4. The molecule has 4 nitrogen and oxygen atoms in total. The summed E-state index contributed by atoms with van der Waals surface area (Å²) in [5, 5.41) is 6.04. The third-order valence-electron chi connectivity index (χ3n) is 2.85. The predicted octanol–water partition coefficient (Wildman–Crippen LogP) is 3.84. The van der Waals surface area contributed by atoms with Crippen molar-refractivity contribution >= 4 is 33.3 Å². The van der Waals surface area contributed by atoms with Crippen LogP contribution in [0.15, 0.2) is 41.0 Å². The van der Waals surface area contributed by atoms with Gasteiger partial charge in [0.2, 0.25) is 0 Å². The number of hydrogen-bond donors (Lipinski definition) is 2. The first-order valence-electron chi connectivity index (χ1n) is 6.38. The Morgan fingerprint density at radius 2 is 2.15 bits per heavy atom. The third-order valence-corrected chi connectivity index (χ3v) is 3.49. The average Bonchev–Trinajstić information content (AvgIpc) is 2.43. The molecule has 104 valence electrons. The van der Waals surface area contributed by atoms with Crippen LogP contribution in [0.25, 0.3) is 0 Å². The molecule has 20 heavy (non-hydrogen) atoms. The number of benzene rings is 1. The summed E-state index contributed by atoms with van der Waals surface area (Å²) in [6.07, 6.45) is 1.64. The molecule has 1 aromatic carbocycles. The Morgan fingerprint density at radius 3 is 2.80 bits per heavy atom. The summed E-state index contributed by atoms with van der Waals surface area (Å²) in [5.74, 6) is 0.349. The standard InChI is InChI=1S/C15H16BrN3O/c1-3-17-13-7-6-11(9-10(13)2)15(20)19-14-12(16)5-4-8-18-14/h4-9,17H,3H2,1-2H3,(H,18,19,20). The van der Waals surface area contributed by atoms with E-state index in [1.165, 1.54) is 0 Å². The van der Waals surface area contributed by atoms with Crippen LogP contribution in [0.4, 0.5) is 11.5 Å². The number of aryl methyl sites for hydroxylation is 1. The van der Waals surface area contributed by atoms with Gasteiger partial charge >= 0.3 is 0 Å².